The first-order valence-corrected chi connectivity index (χ1v) is 7.07. The Morgan fingerprint density at radius 2 is 1.68 bits per heavy atom. The molecular formula is C19H14. The Hall–Kier alpha value is -2.08. The Kier molecular flexibility index (Phi) is 1.69. The third-order valence-electron chi connectivity index (χ3n) is 4.69. The lowest BCUT2D eigenvalue weighted by molar-refractivity contribution is 1.29. The fourth-order valence-electron chi connectivity index (χ4n) is 3.82. The first-order chi connectivity index (χ1) is 9.42. The average molecular weight is 242 g/mol. The van der Waals surface area contributed by atoms with Crippen LogP contribution < -0.4 is 10.4 Å². The van der Waals surface area contributed by atoms with E-state index in [-0.39, 0.29) is 0 Å². The summed E-state index contributed by atoms with van der Waals surface area (Å²) in [7, 11) is 0. The zero-order valence-corrected chi connectivity index (χ0v) is 10.7. The average Bonchev–Trinajstić information content (AvgIpc) is 3.15. The van der Waals surface area contributed by atoms with E-state index in [0.717, 1.165) is 19.3 Å². The highest BCUT2D eigenvalue weighted by atomic mass is 14.2. The molecule has 0 amide bonds. The molecule has 0 spiro atoms. The van der Waals surface area contributed by atoms with E-state index in [4.69, 9.17) is 0 Å². The molecule has 0 unspecified atom stereocenters. The lowest BCUT2D eigenvalue weighted by Gasteiger charge is -2.10. The molecule has 0 aliphatic heterocycles. The van der Waals surface area contributed by atoms with Gasteiger partial charge >= 0.3 is 0 Å². The summed E-state index contributed by atoms with van der Waals surface area (Å²) in [6, 6.07) is 4.84. The van der Waals surface area contributed by atoms with Gasteiger partial charge in [0.1, 0.15) is 0 Å². The Bertz CT molecular complexity index is 921. The second-order valence-corrected chi connectivity index (χ2v) is 5.67. The van der Waals surface area contributed by atoms with Gasteiger partial charge in [-0.2, -0.15) is 0 Å². The van der Waals surface area contributed by atoms with Crippen molar-refractivity contribution in [2.45, 2.75) is 19.3 Å². The maximum absolute atomic E-state index is 2.43. The van der Waals surface area contributed by atoms with Crippen molar-refractivity contribution in [3.8, 4) is 0 Å². The molecule has 0 nitrogen and oxygen atoms in total. The molecule has 3 aliphatic carbocycles. The quantitative estimate of drug-likeness (QED) is 0.666. The molecule has 0 fully saturated rings. The van der Waals surface area contributed by atoms with Crippen molar-refractivity contribution < 1.29 is 0 Å². The van der Waals surface area contributed by atoms with Crippen molar-refractivity contribution in [1.82, 2.24) is 0 Å². The van der Waals surface area contributed by atoms with Crippen molar-refractivity contribution in [3.05, 3.63) is 57.0 Å². The van der Waals surface area contributed by atoms with Crippen molar-refractivity contribution in [2.75, 3.05) is 0 Å². The van der Waals surface area contributed by atoms with Crippen LogP contribution in [0.1, 0.15) is 28.7 Å². The van der Waals surface area contributed by atoms with E-state index in [0.29, 0.717) is 0 Å². The summed E-state index contributed by atoms with van der Waals surface area (Å²) in [5.74, 6) is 0. The number of benzene rings is 2. The lowest BCUT2D eigenvalue weighted by atomic mass is 9.93. The van der Waals surface area contributed by atoms with Gasteiger partial charge in [-0.1, -0.05) is 36.5 Å². The van der Waals surface area contributed by atoms with Crippen molar-refractivity contribution in [3.63, 3.8) is 0 Å². The minimum absolute atomic E-state index is 1.08. The minimum Gasteiger partial charge on any atom is -0.0795 e. The van der Waals surface area contributed by atoms with Gasteiger partial charge in [0, 0.05) is 0 Å². The van der Waals surface area contributed by atoms with Gasteiger partial charge in [0.15, 0.2) is 0 Å². The fourth-order valence-corrected chi connectivity index (χ4v) is 3.82. The molecule has 5 rings (SSSR count). The first-order valence-electron chi connectivity index (χ1n) is 7.07. The van der Waals surface area contributed by atoms with Gasteiger partial charge in [0.2, 0.25) is 0 Å². The molecule has 2 aromatic carbocycles. The molecule has 0 saturated carbocycles. The standard InChI is InChI=1S/C19H14/c1-4-12-10-18-16-8-2-6-14(16)15-7-3-9-17(15)19(18)11-13(12)5-1/h1-2,5-7,9-11H,3-4,8H2. The first kappa shape index (κ1) is 9.80. The zero-order valence-electron chi connectivity index (χ0n) is 10.7. The van der Waals surface area contributed by atoms with Gasteiger partial charge in [-0.05, 0) is 74.9 Å². The third kappa shape index (κ3) is 1.14. The molecule has 0 heteroatoms. The van der Waals surface area contributed by atoms with E-state index in [1.54, 1.807) is 0 Å². The van der Waals surface area contributed by atoms with E-state index in [9.17, 15) is 0 Å². The van der Waals surface area contributed by atoms with Crippen LogP contribution in [0.5, 0.6) is 0 Å². The third-order valence-corrected chi connectivity index (χ3v) is 4.69. The Labute approximate surface area is 112 Å². The molecule has 0 N–H and O–H groups in total. The van der Waals surface area contributed by atoms with E-state index in [1.165, 1.54) is 43.5 Å². The topological polar surface area (TPSA) is 0 Å². The zero-order chi connectivity index (χ0) is 12.4. The monoisotopic (exact) mass is 242 g/mol. The van der Waals surface area contributed by atoms with Crippen molar-refractivity contribution in [2.24, 2.45) is 0 Å². The Balaban J connectivity index is 2.08. The second-order valence-electron chi connectivity index (χ2n) is 5.67. The SMILES string of the molecule is C1=Cc2cc3c4c(c5c(c3cc2C1)CC=C5)=CCC=4. The highest BCUT2D eigenvalue weighted by Gasteiger charge is 2.17. The van der Waals surface area contributed by atoms with Crippen LogP contribution in [0.4, 0.5) is 0 Å². The van der Waals surface area contributed by atoms with E-state index in [1.807, 2.05) is 0 Å². The predicted molar refractivity (Wildman–Crippen MR) is 82.2 cm³/mol. The van der Waals surface area contributed by atoms with E-state index < -0.39 is 0 Å². The molecule has 0 atom stereocenters. The van der Waals surface area contributed by atoms with Crippen LogP contribution in [0.15, 0.2) is 24.3 Å². The number of allylic oxidation sites excluding steroid dienone is 2. The Morgan fingerprint density at radius 1 is 0.789 bits per heavy atom. The summed E-state index contributed by atoms with van der Waals surface area (Å²) in [5.41, 5.74) is 5.92. The molecule has 0 bridgehead atoms. The Morgan fingerprint density at radius 3 is 2.68 bits per heavy atom. The second kappa shape index (κ2) is 3.27. The smallest absolute Gasteiger partial charge is 0.00818 e. The minimum atomic E-state index is 1.08. The molecule has 0 aromatic heterocycles. The van der Waals surface area contributed by atoms with E-state index in [2.05, 4.69) is 48.6 Å². The van der Waals surface area contributed by atoms with Crippen LogP contribution in [0, 0.1) is 0 Å². The molecule has 19 heavy (non-hydrogen) atoms. The van der Waals surface area contributed by atoms with Crippen LogP contribution in [0.25, 0.3) is 35.1 Å². The predicted octanol–water partition coefficient (Wildman–Crippen LogP) is 2.94. The summed E-state index contributed by atoms with van der Waals surface area (Å²) in [4.78, 5) is 0. The van der Waals surface area contributed by atoms with Gasteiger partial charge in [-0.25, -0.2) is 0 Å². The summed E-state index contributed by atoms with van der Waals surface area (Å²) >= 11 is 0. The van der Waals surface area contributed by atoms with E-state index >= 15 is 0 Å². The summed E-state index contributed by atoms with van der Waals surface area (Å²) in [6.07, 6.45) is 17.2. The van der Waals surface area contributed by atoms with Crippen LogP contribution in [0.3, 0.4) is 0 Å². The van der Waals surface area contributed by atoms with Crippen LogP contribution in [0.2, 0.25) is 0 Å². The molecule has 0 heterocycles. The number of hydrogen-bond donors (Lipinski definition) is 0. The van der Waals surface area contributed by atoms with Crippen LogP contribution in [-0.4, -0.2) is 0 Å². The molecule has 3 aliphatic rings. The molecular weight excluding hydrogens is 228 g/mol. The van der Waals surface area contributed by atoms with Crippen LogP contribution in [-0.2, 0) is 12.8 Å². The van der Waals surface area contributed by atoms with Gasteiger partial charge in [0.25, 0.3) is 0 Å². The number of rotatable bonds is 0. The van der Waals surface area contributed by atoms with Gasteiger partial charge < -0.3 is 0 Å². The fraction of sp³-hybridized carbons (Fsp3) is 0.158. The van der Waals surface area contributed by atoms with Crippen molar-refractivity contribution in [1.29, 1.82) is 0 Å². The molecule has 0 radical (unpaired) electrons. The summed E-state index contributed by atoms with van der Waals surface area (Å²) in [5, 5.41) is 5.87. The largest absolute Gasteiger partial charge is 0.0795 e. The summed E-state index contributed by atoms with van der Waals surface area (Å²) < 4.78 is 0. The maximum Gasteiger partial charge on any atom is -0.00818 e. The highest BCUT2D eigenvalue weighted by molar-refractivity contribution is 5.95. The maximum atomic E-state index is 2.43. The molecule has 90 valence electrons. The van der Waals surface area contributed by atoms with Crippen LogP contribution >= 0.6 is 0 Å². The molecule has 2 aromatic rings. The normalized spacial score (nSPS) is 17.3. The molecule has 0 saturated heterocycles. The number of fused-ring (bicyclic) bond motifs is 7. The summed E-state index contributed by atoms with van der Waals surface area (Å²) in [6.45, 7) is 0. The van der Waals surface area contributed by atoms with Crippen molar-refractivity contribution >= 4 is 35.1 Å². The van der Waals surface area contributed by atoms with Gasteiger partial charge in [-0.3, -0.25) is 0 Å². The lowest BCUT2D eigenvalue weighted by Crippen LogP contribution is -2.26. The van der Waals surface area contributed by atoms with Gasteiger partial charge in [0.05, 0.1) is 0 Å². The number of hydrogen-bond acceptors (Lipinski definition) is 0. The van der Waals surface area contributed by atoms with Gasteiger partial charge in [-0.15, -0.1) is 0 Å². The highest BCUT2D eigenvalue weighted by Crippen LogP contribution is 2.30.